The zero-order valence-corrected chi connectivity index (χ0v) is 7.95. The van der Waals surface area contributed by atoms with Gasteiger partial charge in [-0.05, 0) is 6.92 Å². The minimum absolute atomic E-state index is 0.0181. The van der Waals surface area contributed by atoms with Crippen LogP contribution in [0.5, 0.6) is 0 Å². The molecule has 3 heteroatoms. The molecule has 1 rings (SSSR count). The fraction of sp³-hybridized carbons (Fsp3) is 0.500. The summed E-state index contributed by atoms with van der Waals surface area (Å²) in [5, 5.41) is 0. The predicted octanol–water partition coefficient (Wildman–Crippen LogP) is 0.976. The summed E-state index contributed by atoms with van der Waals surface area (Å²) in [4.78, 5) is 13.2. The zero-order chi connectivity index (χ0) is 9.84. The molecule has 1 aliphatic rings. The lowest BCUT2D eigenvalue weighted by atomic mass is 10.2. The Bertz CT molecular complexity index is 231. The van der Waals surface area contributed by atoms with E-state index in [9.17, 15) is 4.79 Å². The van der Waals surface area contributed by atoms with Crippen LogP contribution < -0.4 is 0 Å². The number of hydrogen-bond donors (Lipinski definition) is 0. The van der Waals surface area contributed by atoms with Crippen molar-refractivity contribution in [3.8, 4) is 0 Å². The van der Waals surface area contributed by atoms with E-state index < -0.39 is 0 Å². The molecule has 1 fully saturated rings. The average Bonchev–Trinajstić information content (AvgIpc) is 2.86. The normalized spacial score (nSPS) is 19.3. The highest BCUT2D eigenvalue weighted by atomic mass is 16.6. The van der Waals surface area contributed by atoms with Gasteiger partial charge in [0.2, 0.25) is 5.91 Å². The number of carbonyl (C=O) groups excluding carboxylic acids is 1. The Kier molecular flexibility index (Phi) is 3.25. The topological polar surface area (TPSA) is 32.8 Å². The molecule has 0 aliphatic carbocycles. The third-order valence-corrected chi connectivity index (χ3v) is 1.83. The summed E-state index contributed by atoms with van der Waals surface area (Å²) < 4.78 is 5.06. The van der Waals surface area contributed by atoms with Crippen LogP contribution in [0, 0.1) is 0 Å². The standard InChI is InChI=1S/C10H15NO2/c1-4-5-11(6-9-7-13-9)10(12)8(2)3/h4,9H,1-2,5-7H2,3H3. The quantitative estimate of drug-likeness (QED) is 0.360. The molecule has 0 bridgehead atoms. The highest BCUT2D eigenvalue weighted by Crippen LogP contribution is 2.12. The van der Waals surface area contributed by atoms with Crippen molar-refractivity contribution < 1.29 is 9.53 Å². The highest BCUT2D eigenvalue weighted by Gasteiger charge is 2.27. The van der Waals surface area contributed by atoms with Crippen LogP contribution in [0.25, 0.3) is 0 Å². The van der Waals surface area contributed by atoms with Gasteiger partial charge in [0.25, 0.3) is 0 Å². The first-order valence-electron chi connectivity index (χ1n) is 4.32. The molecule has 1 atom stereocenters. The SMILES string of the molecule is C=CCN(CC1CO1)C(=O)C(=C)C. The van der Waals surface area contributed by atoms with Crippen LogP contribution >= 0.6 is 0 Å². The lowest BCUT2D eigenvalue weighted by molar-refractivity contribution is -0.126. The summed E-state index contributed by atoms with van der Waals surface area (Å²) in [5.41, 5.74) is 0.558. The van der Waals surface area contributed by atoms with E-state index in [-0.39, 0.29) is 12.0 Å². The van der Waals surface area contributed by atoms with Crippen molar-refractivity contribution in [1.29, 1.82) is 0 Å². The lowest BCUT2D eigenvalue weighted by Crippen LogP contribution is -2.34. The number of hydrogen-bond acceptors (Lipinski definition) is 2. The summed E-state index contributed by atoms with van der Waals surface area (Å²) in [5.74, 6) is -0.0181. The van der Waals surface area contributed by atoms with Crippen molar-refractivity contribution in [3.63, 3.8) is 0 Å². The average molecular weight is 181 g/mol. The highest BCUT2D eigenvalue weighted by molar-refractivity contribution is 5.92. The number of carbonyl (C=O) groups is 1. The predicted molar refractivity (Wildman–Crippen MR) is 51.3 cm³/mol. The van der Waals surface area contributed by atoms with E-state index in [4.69, 9.17) is 4.74 Å². The molecular weight excluding hydrogens is 166 g/mol. The van der Waals surface area contributed by atoms with Crippen molar-refractivity contribution in [2.45, 2.75) is 13.0 Å². The molecule has 0 N–H and O–H groups in total. The van der Waals surface area contributed by atoms with E-state index in [2.05, 4.69) is 13.2 Å². The Morgan fingerprint density at radius 3 is 2.77 bits per heavy atom. The van der Waals surface area contributed by atoms with Gasteiger partial charge in [-0.3, -0.25) is 4.79 Å². The van der Waals surface area contributed by atoms with Gasteiger partial charge in [-0.2, -0.15) is 0 Å². The van der Waals surface area contributed by atoms with Crippen LogP contribution in [-0.2, 0) is 9.53 Å². The third-order valence-electron chi connectivity index (χ3n) is 1.83. The maximum absolute atomic E-state index is 11.5. The van der Waals surface area contributed by atoms with Gasteiger partial charge in [-0.25, -0.2) is 0 Å². The molecule has 0 aromatic heterocycles. The van der Waals surface area contributed by atoms with Crippen LogP contribution in [0.2, 0.25) is 0 Å². The summed E-state index contributed by atoms with van der Waals surface area (Å²) in [6, 6.07) is 0. The van der Waals surface area contributed by atoms with Gasteiger partial charge in [0.05, 0.1) is 12.7 Å². The van der Waals surface area contributed by atoms with Crippen LogP contribution in [0.4, 0.5) is 0 Å². The minimum atomic E-state index is -0.0181. The molecule has 3 nitrogen and oxygen atoms in total. The fourth-order valence-corrected chi connectivity index (χ4v) is 1.09. The van der Waals surface area contributed by atoms with Gasteiger partial charge in [0, 0.05) is 18.7 Å². The maximum atomic E-state index is 11.5. The second-order valence-electron chi connectivity index (χ2n) is 3.23. The zero-order valence-electron chi connectivity index (χ0n) is 7.95. The van der Waals surface area contributed by atoms with E-state index in [0.717, 1.165) is 6.61 Å². The Labute approximate surface area is 78.7 Å². The van der Waals surface area contributed by atoms with Gasteiger partial charge >= 0.3 is 0 Å². The molecule has 72 valence electrons. The molecule has 0 saturated carbocycles. The molecule has 1 unspecified atom stereocenters. The molecule has 0 spiro atoms. The Balaban J connectivity index is 2.48. The minimum Gasteiger partial charge on any atom is -0.371 e. The Hall–Kier alpha value is -1.09. The van der Waals surface area contributed by atoms with Crippen molar-refractivity contribution in [1.82, 2.24) is 4.90 Å². The van der Waals surface area contributed by atoms with Crippen molar-refractivity contribution >= 4 is 5.91 Å². The first kappa shape index (κ1) is 9.99. The summed E-state index contributed by atoms with van der Waals surface area (Å²) in [6.45, 7) is 10.9. The van der Waals surface area contributed by atoms with E-state index in [0.29, 0.717) is 18.7 Å². The van der Waals surface area contributed by atoms with Crippen LogP contribution in [0.1, 0.15) is 6.92 Å². The van der Waals surface area contributed by atoms with Gasteiger partial charge < -0.3 is 9.64 Å². The summed E-state index contributed by atoms with van der Waals surface area (Å²) >= 11 is 0. The molecule has 1 amide bonds. The largest absolute Gasteiger partial charge is 0.371 e. The first-order chi connectivity index (χ1) is 6.15. The fourth-order valence-electron chi connectivity index (χ4n) is 1.09. The second-order valence-corrected chi connectivity index (χ2v) is 3.23. The lowest BCUT2D eigenvalue weighted by Gasteiger charge is -2.19. The van der Waals surface area contributed by atoms with Crippen molar-refractivity contribution in [3.05, 3.63) is 24.8 Å². The molecule has 0 radical (unpaired) electrons. The molecule has 1 heterocycles. The maximum Gasteiger partial charge on any atom is 0.249 e. The number of nitrogens with zero attached hydrogens (tertiary/aromatic N) is 1. The molecule has 1 aliphatic heterocycles. The van der Waals surface area contributed by atoms with Crippen molar-refractivity contribution in [2.75, 3.05) is 19.7 Å². The van der Waals surface area contributed by atoms with Gasteiger partial charge in [0.15, 0.2) is 0 Å². The number of amides is 1. The van der Waals surface area contributed by atoms with E-state index in [1.807, 2.05) is 0 Å². The van der Waals surface area contributed by atoms with E-state index in [1.165, 1.54) is 0 Å². The summed E-state index contributed by atoms with van der Waals surface area (Å²) in [6.07, 6.45) is 1.94. The van der Waals surface area contributed by atoms with Gasteiger partial charge in [-0.1, -0.05) is 12.7 Å². The van der Waals surface area contributed by atoms with Crippen LogP contribution in [0.15, 0.2) is 24.8 Å². The van der Waals surface area contributed by atoms with Crippen LogP contribution in [-0.4, -0.2) is 36.6 Å². The van der Waals surface area contributed by atoms with E-state index in [1.54, 1.807) is 17.9 Å². The van der Waals surface area contributed by atoms with Crippen LogP contribution in [0.3, 0.4) is 0 Å². The molecule has 13 heavy (non-hydrogen) atoms. The first-order valence-corrected chi connectivity index (χ1v) is 4.32. The monoisotopic (exact) mass is 181 g/mol. The number of epoxide rings is 1. The van der Waals surface area contributed by atoms with Gasteiger partial charge in [-0.15, -0.1) is 6.58 Å². The Morgan fingerprint density at radius 2 is 2.38 bits per heavy atom. The number of rotatable bonds is 5. The second kappa shape index (κ2) is 4.23. The molecule has 1 saturated heterocycles. The summed E-state index contributed by atoms with van der Waals surface area (Å²) in [7, 11) is 0. The molecule has 0 aromatic carbocycles. The third kappa shape index (κ3) is 3.03. The molecular formula is C10H15NO2. The smallest absolute Gasteiger partial charge is 0.249 e. The molecule has 0 aromatic rings. The van der Waals surface area contributed by atoms with Gasteiger partial charge in [0.1, 0.15) is 0 Å². The van der Waals surface area contributed by atoms with Crippen molar-refractivity contribution in [2.24, 2.45) is 0 Å². The van der Waals surface area contributed by atoms with E-state index >= 15 is 0 Å². The Morgan fingerprint density at radius 1 is 1.77 bits per heavy atom. The number of ether oxygens (including phenoxy) is 1.